The molecule has 1 aromatic heterocycles. The molecule has 1 aromatic carbocycles. The van der Waals surface area contributed by atoms with Crippen molar-refractivity contribution in [3.8, 4) is 5.75 Å². The fraction of sp³-hybridized carbons (Fsp3) is 0.389. The lowest BCUT2D eigenvalue weighted by molar-refractivity contribution is -0.121. The highest BCUT2D eigenvalue weighted by Gasteiger charge is 2.07. The van der Waals surface area contributed by atoms with Crippen LogP contribution in [0.1, 0.15) is 31.7 Å². The number of carbonyl (C=O) groups is 2. The normalized spacial score (nSPS) is 10.6. The van der Waals surface area contributed by atoms with E-state index in [1.807, 2.05) is 24.3 Å². The van der Waals surface area contributed by atoms with E-state index >= 15 is 0 Å². The van der Waals surface area contributed by atoms with Crippen LogP contribution in [0.25, 0.3) is 0 Å². The molecule has 0 saturated heterocycles. The Bertz CT molecular complexity index is 707. The van der Waals surface area contributed by atoms with E-state index in [0.29, 0.717) is 18.2 Å². The summed E-state index contributed by atoms with van der Waals surface area (Å²) >= 11 is 0. The number of benzene rings is 1. The fourth-order valence-corrected chi connectivity index (χ4v) is 2.17. The van der Waals surface area contributed by atoms with Crippen LogP contribution in [0.15, 0.2) is 36.7 Å². The molecule has 2 aromatic rings. The van der Waals surface area contributed by atoms with E-state index < -0.39 is 0 Å². The van der Waals surface area contributed by atoms with E-state index in [0.717, 1.165) is 5.75 Å². The maximum atomic E-state index is 11.9. The Morgan fingerprint density at radius 1 is 1.20 bits per heavy atom. The van der Waals surface area contributed by atoms with Crippen LogP contribution in [0.3, 0.4) is 0 Å². The highest BCUT2D eigenvalue weighted by molar-refractivity contribution is 5.90. The lowest BCUT2D eigenvalue weighted by Gasteiger charge is -2.09. The summed E-state index contributed by atoms with van der Waals surface area (Å²) < 4.78 is 7.05. The van der Waals surface area contributed by atoms with Crippen molar-refractivity contribution < 1.29 is 14.3 Å². The van der Waals surface area contributed by atoms with Gasteiger partial charge in [-0.15, -0.1) is 0 Å². The Labute approximate surface area is 147 Å². The van der Waals surface area contributed by atoms with Gasteiger partial charge in [-0.3, -0.25) is 14.3 Å². The molecule has 7 nitrogen and oxygen atoms in total. The van der Waals surface area contributed by atoms with Gasteiger partial charge in [-0.2, -0.15) is 5.10 Å². The molecule has 0 radical (unpaired) electrons. The van der Waals surface area contributed by atoms with E-state index in [4.69, 9.17) is 4.74 Å². The summed E-state index contributed by atoms with van der Waals surface area (Å²) in [5.41, 5.74) is 1.80. The third-order valence-electron chi connectivity index (χ3n) is 3.65. The van der Waals surface area contributed by atoms with Crippen molar-refractivity contribution in [1.29, 1.82) is 0 Å². The molecule has 2 amide bonds. The van der Waals surface area contributed by atoms with Crippen LogP contribution in [-0.2, 0) is 16.1 Å². The number of hydrogen-bond acceptors (Lipinski definition) is 4. The Morgan fingerprint density at radius 2 is 1.92 bits per heavy atom. The molecule has 0 aliphatic carbocycles. The largest absolute Gasteiger partial charge is 0.493 e. The fourth-order valence-electron chi connectivity index (χ4n) is 2.17. The number of aromatic nitrogens is 2. The zero-order valence-corrected chi connectivity index (χ0v) is 14.8. The molecule has 25 heavy (non-hydrogen) atoms. The van der Waals surface area contributed by atoms with Gasteiger partial charge in [0.2, 0.25) is 11.8 Å². The average molecular weight is 344 g/mol. The number of rotatable bonds is 8. The predicted octanol–water partition coefficient (Wildman–Crippen LogP) is 2.16. The molecule has 0 fully saturated rings. The molecule has 2 N–H and O–H groups in total. The number of ether oxygens (including phenoxy) is 1. The average Bonchev–Trinajstić information content (AvgIpc) is 3.01. The Hall–Kier alpha value is -2.83. The van der Waals surface area contributed by atoms with Gasteiger partial charge < -0.3 is 15.4 Å². The molecule has 0 unspecified atom stereocenters. The first-order valence-electron chi connectivity index (χ1n) is 8.23. The maximum Gasteiger partial charge on any atom is 0.241 e. The molecule has 0 atom stereocenters. The van der Waals surface area contributed by atoms with Gasteiger partial charge in [-0.05, 0) is 23.6 Å². The van der Waals surface area contributed by atoms with E-state index in [-0.39, 0.29) is 24.8 Å². The standard InChI is InChI=1S/C18H24N4O3/c1-13(2)14-4-6-16(7-5-14)25-9-8-17(23)21-15-10-20-22(11-15)12-18(24)19-3/h4-7,10-11,13H,8-9,12H2,1-3H3,(H,19,24)(H,21,23). The number of carbonyl (C=O) groups excluding carboxylic acids is 2. The molecular weight excluding hydrogens is 320 g/mol. The number of hydrogen-bond donors (Lipinski definition) is 2. The summed E-state index contributed by atoms with van der Waals surface area (Å²) in [6.07, 6.45) is 3.34. The van der Waals surface area contributed by atoms with Crippen LogP contribution >= 0.6 is 0 Å². The van der Waals surface area contributed by atoms with Gasteiger partial charge in [0, 0.05) is 13.2 Å². The van der Waals surface area contributed by atoms with Crippen molar-refractivity contribution in [3.63, 3.8) is 0 Å². The van der Waals surface area contributed by atoms with Crippen LogP contribution in [-0.4, -0.2) is 35.2 Å². The minimum absolute atomic E-state index is 0.113. The van der Waals surface area contributed by atoms with Crippen molar-refractivity contribution in [2.75, 3.05) is 19.0 Å². The first-order valence-corrected chi connectivity index (χ1v) is 8.23. The molecule has 0 saturated carbocycles. The summed E-state index contributed by atoms with van der Waals surface area (Å²) in [7, 11) is 1.56. The topological polar surface area (TPSA) is 85.2 Å². The zero-order chi connectivity index (χ0) is 18.2. The summed E-state index contributed by atoms with van der Waals surface area (Å²) in [6.45, 7) is 4.68. The number of nitrogens with zero attached hydrogens (tertiary/aromatic N) is 2. The van der Waals surface area contributed by atoms with E-state index in [1.54, 1.807) is 13.2 Å². The lowest BCUT2D eigenvalue weighted by atomic mass is 10.0. The second kappa shape index (κ2) is 8.86. The molecular formula is C18H24N4O3. The number of nitrogens with one attached hydrogen (secondary N) is 2. The lowest BCUT2D eigenvalue weighted by Crippen LogP contribution is -2.23. The SMILES string of the molecule is CNC(=O)Cn1cc(NC(=O)CCOc2ccc(C(C)C)cc2)cn1. The van der Waals surface area contributed by atoms with Gasteiger partial charge in [0.05, 0.1) is 24.9 Å². The van der Waals surface area contributed by atoms with Crippen molar-refractivity contribution in [3.05, 3.63) is 42.2 Å². The van der Waals surface area contributed by atoms with Crippen LogP contribution in [0.2, 0.25) is 0 Å². The first kappa shape index (κ1) is 18.5. The zero-order valence-electron chi connectivity index (χ0n) is 14.8. The molecule has 2 rings (SSSR count). The first-order chi connectivity index (χ1) is 12.0. The summed E-state index contributed by atoms with van der Waals surface area (Å²) in [5.74, 6) is 0.899. The monoisotopic (exact) mass is 344 g/mol. The smallest absolute Gasteiger partial charge is 0.241 e. The van der Waals surface area contributed by atoms with Gasteiger partial charge in [-0.25, -0.2) is 0 Å². The summed E-state index contributed by atoms with van der Waals surface area (Å²) in [6, 6.07) is 7.88. The number of anilines is 1. The quantitative estimate of drug-likeness (QED) is 0.768. The summed E-state index contributed by atoms with van der Waals surface area (Å²) in [4.78, 5) is 23.2. The Kier molecular flexibility index (Phi) is 6.56. The van der Waals surface area contributed by atoms with E-state index in [1.165, 1.54) is 16.4 Å². The van der Waals surface area contributed by atoms with Gasteiger partial charge in [0.25, 0.3) is 0 Å². The minimum Gasteiger partial charge on any atom is -0.493 e. The van der Waals surface area contributed by atoms with Crippen LogP contribution in [0, 0.1) is 0 Å². The van der Waals surface area contributed by atoms with Crippen molar-refractivity contribution in [2.24, 2.45) is 0 Å². The van der Waals surface area contributed by atoms with Gasteiger partial charge in [0.15, 0.2) is 0 Å². The second-order valence-electron chi connectivity index (χ2n) is 5.97. The molecule has 134 valence electrons. The summed E-state index contributed by atoms with van der Waals surface area (Å²) in [5, 5.41) is 9.26. The van der Waals surface area contributed by atoms with Gasteiger partial charge >= 0.3 is 0 Å². The van der Waals surface area contributed by atoms with Gasteiger partial charge in [-0.1, -0.05) is 26.0 Å². The third kappa shape index (κ3) is 5.95. The van der Waals surface area contributed by atoms with Gasteiger partial charge in [0.1, 0.15) is 12.3 Å². The van der Waals surface area contributed by atoms with Crippen molar-refractivity contribution in [1.82, 2.24) is 15.1 Å². The Morgan fingerprint density at radius 3 is 2.56 bits per heavy atom. The van der Waals surface area contributed by atoms with Crippen LogP contribution < -0.4 is 15.4 Å². The molecule has 0 aliphatic heterocycles. The van der Waals surface area contributed by atoms with Crippen molar-refractivity contribution in [2.45, 2.75) is 32.7 Å². The van der Waals surface area contributed by atoms with Crippen molar-refractivity contribution >= 4 is 17.5 Å². The highest BCUT2D eigenvalue weighted by Crippen LogP contribution is 2.18. The highest BCUT2D eigenvalue weighted by atomic mass is 16.5. The van der Waals surface area contributed by atoms with Crippen LogP contribution in [0.4, 0.5) is 5.69 Å². The number of likely N-dealkylation sites (N-methyl/N-ethyl adjacent to an activating group) is 1. The molecule has 1 heterocycles. The minimum atomic E-state index is -0.168. The molecule has 0 spiro atoms. The predicted molar refractivity (Wildman–Crippen MR) is 95.6 cm³/mol. The maximum absolute atomic E-state index is 11.9. The second-order valence-corrected chi connectivity index (χ2v) is 5.97. The molecule has 0 aliphatic rings. The Balaban J connectivity index is 1.74. The molecule has 0 bridgehead atoms. The van der Waals surface area contributed by atoms with E-state index in [2.05, 4.69) is 29.6 Å². The third-order valence-corrected chi connectivity index (χ3v) is 3.65. The van der Waals surface area contributed by atoms with Crippen LogP contribution in [0.5, 0.6) is 5.75 Å². The molecule has 7 heteroatoms. The van der Waals surface area contributed by atoms with E-state index in [9.17, 15) is 9.59 Å². The number of amides is 2.